The zero-order valence-corrected chi connectivity index (χ0v) is 12.8. The quantitative estimate of drug-likeness (QED) is 0.796. The molecule has 5 nitrogen and oxygen atoms in total. The number of fused-ring (bicyclic) bond motifs is 1. The Bertz CT molecular complexity index is 605. The second-order valence-electron chi connectivity index (χ2n) is 5.15. The van der Waals surface area contributed by atoms with E-state index in [-0.39, 0.29) is 5.91 Å². The highest BCUT2D eigenvalue weighted by atomic mass is 16.5. The molecule has 5 heteroatoms. The van der Waals surface area contributed by atoms with Crippen molar-refractivity contribution in [2.45, 2.75) is 13.3 Å². The number of carbonyl (C=O) groups excluding carboxylic acids is 1. The minimum absolute atomic E-state index is 0.104. The van der Waals surface area contributed by atoms with Crippen LogP contribution >= 0.6 is 0 Å². The standard InChI is InChI=1S/C16H22N2O3/c1-4-20-14-10-12(11-15-13(14)6-9-21-15)16(19)17-7-5-8-18(2)3/h6,9-11H,4-5,7-8H2,1-3H3,(H,17,19). The average Bonchev–Trinajstić information content (AvgIpc) is 2.92. The minimum Gasteiger partial charge on any atom is -0.493 e. The molecule has 0 spiro atoms. The molecular weight excluding hydrogens is 268 g/mol. The van der Waals surface area contributed by atoms with Gasteiger partial charge < -0.3 is 19.4 Å². The van der Waals surface area contributed by atoms with Gasteiger partial charge in [-0.25, -0.2) is 0 Å². The average molecular weight is 290 g/mol. The van der Waals surface area contributed by atoms with Crippen molar-refractivity contribution in [3.8, 4) is 5.75 Å². The zero-order chi connectivity index (χ0) is 15.2. The van der Waals surface area contributed by atoms with Crippen LogP contribution in [0.15, 0.2) is 28.9 Å². The Hall–Kier alpha value is -2.01. The van der Waals surface area contributed by atoms with E-state index in [1.807, 2.05) is 27.1 Å². The van der Waals surface area contributed by atoms with Crippen molar-refractivity contribution in [1.29, 1.82) is 0 Å². The van der Waals surface area contributed by atoms with E-state index in [1.54, 1.807) is 18.4 Å². The maximum absolute atomic E-state index is 12.2. The van der Waals surface area contributed by atoms with Gasteiger partial charge in [-0.1, -0.05) is 0 Å². The van der Waals surface area contributed by atoms with Crippen LogP contribution in [0, 0.1) is 0 Å². The molecule has 0 aliphatic carbocycles. The number of rotatable bonds is 7. The summed E-state index contributed by atoms with van der Waals surface area (Å²) in [6.45, 7) is 4.06. The van der Waals surface area contributed by atoms with Crippen molar-refractivity contribution in [2.75, 3.05) is 33.8 Å². The molecule has 0 unspecified atom stereocenters. The number of furan rings is 1. The first kappa shape index (κ1) is 15.4. The van der Waals surface area contributed by atoms with Crippen LogP contribution in [0.2, 0.25) is 0 Å². The van der Waals surface area contributed by atoms with E-state index in [0.29, 0.717) is 30.0 Å². The summed E-state index contributed by atoms with van der Waals surface area (Å²) in [4.78, 5) is 14.3. The second-order valence-corrected chi connectivity index (χ2v) is 5.15. The van der Waals surface area contributed by atoms with Crippen molar-refractivity contribution in [1.82, 2.24) is 10.2 Å². The van der Waals surface area contributed by atoms with Crippen LogP contribution in [0.3, 0.4) is 0 Å². The largest absolute Gasteiger partial charge is 0.493 e. The van der Waals surface area contributed by atoms with Crippen LogP contribution in [0.4, 0.5) is 0 Å². The number of carbonyl (C=O) groups is 1. The summed E-state index contributed by atoms with van der Waals surface area (Å²) in [5.41, 5.74) is 1.23. The SMILES string of the molecule is CCOc1cc(C(=O)NCCCN(C)C)cc2occc12. The molecule has 0 fully saturated rings. The topological polar surface area (TPSA) is 54.7 Å². The summed E-state index contributed by atoms with van der Waals surface area (Å²) in [6.07, 6.45) is 2.52. The Balaban J connectivity index is 2.08. The number of ether oxygens (including phenoxy) is 1. The van der Waals surface area contributed by atoms with Crippen molar-refractivity contribution in [3.05, 3.63) is 30.0 Å². The number of nitrogens with zero attached hydrogens (tertiary/aromatic N) is 1. The van der Waals surface area contributed by atoms with Crippen molar-refractivity contribution >= 4 is 16.9 Å². The highest BCUT2D eigenvalue weighted by Crippen LogP contribution is 2.28. The van der Waals surface area contributed by atoms with Gasteiger partial charge in [0.2, 0.25) is 0 Å². The fourth-order valence-electron chi connectivity index (χ4n) is 2.14. The van der Waals surface area contributed by atoms with E-state index in [4.69, 9.17) is 9.15 Å². The normalized spacial score (nSPS) is 11.0. The zero-order valence-electron chi connectivity index (χ0n) is 12.8. The lowest BCUT2D eigenvalue weighted by Crippen LogP contribution is -2.27. The van der Waals surface area contributed by atoms with Gasteiger partial charge in [0.05, 0.1) is 18.3 Å². The van der Waals surface area contributed by atoms with Gasteiger partial charge in [-0.05, 0) is 52.2 Å². The van der Waals surface area contributed by atoms with Gasteiger partial charge in [-0.3, -0.25) is 4.79 Å². The van der Waals surface area contributed by atoms with Crippen LogP contribution < -0.4 is 10.1 Å². The van der Waals surface area contributed by atoms with Crippen molar-refractivity contribution in [3.63, 3.8) is 0 Å². The van der Waals surface area contributed by atoms with E-state index in [9.17, 15) is 4.79 Å². The fraction of sp³-hybridized carbons (Fsp3) is 0.438. The lowest BCUT2D eigenvalue weighted by molar-refractivity contribution is 0.0952. The van der Waals surface area contributed by atoms with E-state index in [1.165, 1.54) is 0 Å². The molecule has 1 aromatic heterocycles. The summed E-state index contributed by atoms with van der Waals surface area (Å²) < 4.78 is 11.0. The summed E-state index contributed by atoms with van der Waals surface area (Å²) in [7, 11) is 4.03. The number of hydrogen-bond donors (Lipinski definition) is 1. The van der Waals surface area contributed by atoms with Crippen LogP contribution in [-0.4, -0.2) is 44.6 Å². The maximum Gasteiger partial charge on any atom is 0.251 e. The molecule has 114 valence electrons. The summed E-state index contributed by atoms with van der Waals surface area (Å²) in [5.74, 6) is 0.579. The van der Waals surface area contributed by atoms with Gasteiger partial charge in [-0.15, -0.1) is 0 Å². The molecule has 0 aliphatic heterocycles. The maximum atomic E-state index is 12.2. The van der Waals surface area contributed by atoms with Crippen LogP contribution in [0.25, 0.3) is 11.0 Å². The van der Waals surface area contributed by atoms with E-state index >= 15 is 0 Å². The molecule has 1 N–H and O–H groups in total. The smallest absolute Gasteiger partial charge is 0.251 e. The van der Waals surface area contributed by atoms with Crippen LogP contribution in [0.5, 0.6) is 5.75 Å². The Kier molecular flexibility index (Phi) is 5.22. The number of nitrogens with one attached hydrogen (secondary N) is 1. The lowest BCUT2D eigenvalue weighted by Gasteiger charge is -2.11. The van der Waals surface area contributed by atoms with E-state index in [2.05, 4.69) is 10.2 Å². The fourth-order valence-corrected chi connectivity index (χ4v) is 2.14. The van der Waals surface area contributed by atoms with Gasteiger partial charge in [0.1, 0.15) is 11.3 Å². The second kappa shape index (κ2) is 7.13. The molecule has 0 saturated carbocycles. The molecule has 0 saturated heterocycles. The molecule has 0 radical (unpaired) electrons. The Labute approximate surface area is 124 Å². The minimum atomic E-state index is -0.104. The molecule has 0 atom stereocenters. The van der Waals surface area contributed by atoms with Gasteiger partial charge in [0.25, 0.3) is 5.91 Å². The van der Waals surface area contributed by atoms with Crippen LogP contribution in [0.1, 0.15) is 23.7 Å². The Morgan fingerprint density at radius 2 is 2.19 bits per heavy atom. The molecule has 2 aromatic rings. The molecular formula is C16H22N2O3. The number of hydrogen-bond acceptors (Lipinski definition) is 4. The molecule has 2 rings (SSSR count). The molecule has 0 aliphatic rings. The van der Waals surface area contributed by atoms with E-state index < -0.39 is 0 Å². The monoisotopic (exact) mass is 290 g/mol. The lowest BCUT2D eigenvalue weighted by atomic mass is 10.1. The first-order chi connectivity index (χ1) is 10.1. The molecule has 1 amide bonds. The third-order valence-corrected chi connectivity index (χ3v) is 3.16. The molecule has 21 heavy (non-hydrogen) atoms. The van der Waals surface area contributed by atoms with Crippen LogP contribution in [-0.2, 0) is 0 Å². The molecule has 1 aromatic carbocycles. The highest BCUT2D eigenvalue weighted by Gasteiger charge is 2.12. The first-order valence-corrected chi connectivity index (χ1v) is 7.18. The predicted molar refractivity (Wildman–Crippen MR) is 82.9 cm³/mol. The van der Waals surface area contributed by atoms with E-state index in [0.717, 1.165) is 18.4 Å². The summed E-state index contributed by atoms with van der Waals surface area (Å²) >= 11 is 0. The van der Waals surface area contributed by atoms with Gasteiger partial charge in [0.15, 0.2) is 0 Å². The number of amides is 1. The van der Waals surface area contributed by atoms with Gasteiger partial charge in [-0.2, -0.15) is 0 Å². The van der Waals surface area contributed by atoms with Gasteiger partial charge >= 0.3 is 0 Å². The first-order valence-electron chi connectivity index (χ1n) is 7.18. The Morgan fingerprint density at radius 3 is 2.90 bits per heavy atom. The third-order valence-electron chi connectivity index (χ3n) is 3.16. The molecule has 0 bridgehead atoms. The summed E-state index contributed by atoms with van der Waals surface area (Å²) in [5, 5.41) is 3.81. The highest BCUT2D eigenvalue weighted by molar-refractivity contribution is 5.99. The molecule has 1 heterocycles. The third kappa shape index (κ3) is 3.98. The van der Waals surface area contributed by atoms with Crippen molar-refractivity contribution < 1.29 is 13.9 Å². The number of benzene rings is 1. The van der Waals surface area contributed by atoms with Crippen molar-refractivity contribution in [2.24, 2.45) is 0 Å². The van der Waals surface area contributed by atoms with Gasteiger partial charge in [0, 0.05) is 12.1 Å². The Morgan fingerprint density at radius 1 is 1.38 bits per heavy atom. The summed E-state index contributed by atoms with van der Waals surface area (Å²) in [6, 6.07) is 5.36. The predicted octanol–water partition coefficient (Wildman–Crippen LogP) is 2.51.